The molecule has 0 aromatic heterocycles. The van der Waals surface area contributed by atoms with E-state index < -0.39 is 0 Å². The van der Waals surface area contributed by atoms with Gasteiger partial charge in [-0.05, 0) is 31.1 Å². The summed E-state index contributed by atoms with van der Waals surface area (Å²) in [6, 6.07) is 0. The largest absolute Gasteiger partial charge is 0.436 e. The molecule has 3 nitrogen and oxygen atoms in total. The third kappa shape index (κ3) is 10.0. The summed E-state index contributed by atoms with van der Waals surface area (Å²) in [7, 11) is 0. The number of ether oxygens (including phenoxy) is 2. The minimum absolute atomic E-state index is 0.00224. The van der Waals surface area contributed by atoms with E-state index in [4.69, 9.17) is 9.47 Å². The second-order valence-corrected chi connectivity index (χ2v) is 7.54. The molecule has 0 heterocycles. The highest BCUT2D eigenvalue weighted by molar-refractivity contribution is 5.72. The van der Waals surface area contributed by atoms with Crippen LogP contribution in [0.4, 0.5) is 0 Å². The van der Waals surface area contributed by atoms with Crippen molar-refractivity contribution in [1.82, 2.24) is 0 Å². The Kier molecular flexibility index (Phi) is 11.6. The summed E-state index contributed by atoms with van der Waals surface area (Å²) >= 11 is 0. The third-order valence-electron chi connectivity index (χ3n) is 4.24. The molecule has 0 aromatic carbocycles. The minimum atomic E-state index is -0.388. The van der Waals surface area contributed by atoms with Crippen LogP contribution in [0.15, 0.2) is 0 Å². The fourth-order valence-corrected chi connectivity index (χ4v) is 2.88. The van der Waals surface area contributed by atoms with Gasteiger partial charge in [-0.3, -0.25) is 4.79 Å². The average Bonchev–Trinajstić information content (AvgIpc) is 2.49. The van der Waals surface area contributed by atoms with Crippen molar-refractivity contribution in [3.63, 3.8) is 0 Å². The van der Waals surface area contributed by atoms with Gasteiger partial charge in [0.25, 0.3) is 0 Å². The zero-order valence-electron chi connectivity index (χ0n) is 16.6. The smallest absolute Gasteiger partial charge is 0.311 e. The van der Waals surface area contributed by atoms with Crippen LogP contribution < -0.4 is 0 Å². The van der Waals surface area contributed by atoms with Gasteiger partial charge in [-0.2, -0.15) is 0 Å². The Hall–Kier alpha value is -0.570. The molecular weight excluding hydrogens is 288 g/mol. The summed E-state index contributed by atoms with van der Waals surface area (Å²) in [5.41, 5.74) is 0.0908. The zero-order chi connectivity index (χ0) is 17.9. The Labute approximate surface area is 144 Å². The van der Waals surface area contributed by atoms with E-state index >= 15 is 0 Å². The van der Waals surface area contributed by atoms with E-state index in [1.165, 1.54) is 19.3 Å². The maximum atomic E-state index is 12.2. The fraction of sp³-hybridized carbons (Fsp3) is 0.950. The molecule has 1 rings (SSSR count). The van der Waals surface area contributed by atoms with Gasteiger partial charge in [-0.15, -0.1) is 0 Å². The molecule has 23 heavy (non-hydrogen) atoms. The standard InChI is InChI=1S/C18H34O3.C2H6/c1-6-14(7-2)17(19)21-16(13-18(3,4)5)20-15-11-9-8-10-12-15;1-2/h14-16H,6-13H2,1-5H3;1-2H3. The van der Waals surface area contributed by atoms with Gasteiger partial charge in [0, 0.05) is 6.42 Å². The summed E-state index contributed by atoms with van der Waals surface area (Å²) in [6.07, 6.45) is 8.27. The average molecular weight is 329 g/mol. The lowest BCUT2D eigenvalue weighted by Gasteiger charge is -2.31. The first-order chi connectivity index (χ1) is 10.9. The van der Waals surface area contributed by atoms with Crippen LogP contribution in [0.25, 0.3) is 0 Å². The van der Waals surface area contributed by atoms with E-state index in [2.05, 4.69) is 20.8 Å². The molecule has 0 amide bonds. The molecule has 0 bridgehead atoms. The lowest BCUT2D eigenvalue weighted by atomic mass is 9.91. The summed E-state index contributed by atoms with van der Waals surface area (Å²) in [5.74, 6) is -0.0903. The monoisotopic (exact) mass is 328 g/mol. The number of hydrogen-bond acceptors (Lipinski definition) is 3. The Balaban J connectivity index is 0.00000232. The highest BCUT2D eigenvalue weighted by Gasteiger charge is 2.28. The van der Waals surface area contributed by atoms with Crippen LogP contribution in [-0.2, 0) is 14.3 Å². The SMILES string of the molecule is CC.CCC(CC)C(=O)OC(CC(C)(C)C)OC1CCCCC1. The Morgan fingerprint density at radius 3 is 2.00 bits per heavy atom. The van der Waals surface area contributed by atoms with Gasteiger partial charge in [-0.25, -0.2) is 0 Å². The lowest BCUT2D eigenvalue weighted by molar-refractivity contribution is -0.203. The number of carbonyl (C=O) groups excluding carboxylic acids is 1. The van der Waals surface area contributed by atoms with Crippen molar-refractivity contribution in [2.24, 2.45) is 11.3 Å². The molecule has 1 atom stereocenters. The third-order valence-corrected chi connectivity index (χ3v) is 4.24. The highest BCUT2D eigenvalue weighted by atomic mass is 16.7. The van der Waals surface area contributed by atoms with E-state index in [0.717, 1.165) is 32.1 Å². The minimum Gasteiger partial charge on any atom is -0.436 e. The fourth-order valence-electron chi connectivity index (χ4n) is 2.88. The molecule has 1 saturated carbocycles. The van der Waals surface area contributed by atoms with Crippen molar-refractivity contribution in [3.8, 4) is 0 Å². The molecular formula is C20H40O3. The summed E-state index contributed by atoms with van der Waals surface area (Å²) < 4.78 is 11.8. The molecule has 0 saturated heterocycles. The van der Waals surface area contributed by atoms with Crippen LogP contribution in [0.1, 0.15) is 99.8 Å². The van der Waals surface area contributed by atoms with Crippen LogP contribution in [0.2, 0.25) is 0 Å². The second kappa shape index (κ2) is 11.9. The van der Waals surface area contributed by atoms with Crippen LogP contribution in [-0.4, -0.2) is 18.4 Å². The summed E-state index contributed by atoms with van der Waals surface area (Å²) in [5, 5.41) is 0. The number of carbonyl (C=O) groups is 1. The van der Waals surface area contributed by atoms with Gasteiger partial charge in [0.15, 0.2) is 0 Å². The van der Waals surface area contributed by atoms with Crippen molar-refractivity contribution in [2.45, 2.75) is 112 Å². The van der Waals surface area contributed by atoms with Gasteiger partial charge in [0.1, 0.15) is 0 Å². The Morgan fingerprint density at radius 1 is 1.04 bits per heavy atom. The van der Waals surface area contributed by atoms with E-state index in [9.17, 15) is 4.79 Å². The molecule has 0 aliphatic heterocycles. The predicted molar refractivity (Wildman–Crippen MR) is 97.3 cm³/mol. The first-order valence-corrected chi connectivity index (χ1v) is 9.71. The Bertz CT molecular complexity index is 296. The molecule has 1 unspecified atom stereocenters. The first-order valence-electron chi connectivity index (χ1n) is 9.71. The molecule has 1 fully saturated rings. The molecule has 0 N–H and O–H groups in total. The van der Waals surface area contributed by atoms with E-state index in [-0.39, 0.29) is 29.7 Å². The topological polar surface area (TPSA) is 35.5 Å². The molecule has 3 heteroatoms. The molecule has 138 valence electrons. The normalized spacial score (nSPS) is 17.4. The molecule has 1 aliphatic carbocycles. The van der Waals surface area contributed by atoms with Crippen molar-refractivity contribution >= 4 is 5.97 Å². The molecule has 1 aliphatic rings. The van der Waals surface area contributed by atoms with Gasteiger partial charge in [0.2, 0.25) is 6.29 Å². The van der Waals surface area contributed by atoms with Crippen molar-refractivity contribution in [1.29, 1.82) is 0 Å². The van der Waals surface area contributed by atoms with Gasteiger partial charge < -0.3 is 9.47 Å². The number of rotatable bonds is 7. The second-order valence-electron chi connectivity index (χ2n) is 7.54. The lowest BCUT2D eigenvalue weighted by Crippen LogP contribution is -2.33. The van der Waals surface area contributed by atoms with Crippen LogP contribution in [0, 0.1) is 11.3 Å². The number of hydrogen-bond donors (Lipinski definition) is 0. The summed E-state index contributed by atoms with van der Waals surface area (Å²) in [4.78, 5) is 12.2. The quantitative estimate of drug-likeness (QED) is 0.418. The zero-order valence-corrected chi connectivity index (χ0v) is 16.6. The Morgan fingerprint density at radius 2 is 1.57 bits per heavy atom. The van der Waals surface area contributed by atoms with E-state index in [0.29, 0.717) is 0 Å². The molecule has 0 radical (unpaired) electrons. The van der Waals surface area contributed by atoms with Crippen molar-refractivity contribution < 1.29 is 14.3 Å². The van der Waals surface area contributed by atoms with Gasteiger partial charge in [-0.1, -0.05) is 67.7 Å². The van der Waals surface area contributed by atoms with E-state index in [1.54, 1.807) is 0 Å². The van der Waals surface area contributed by atoms with Crippen LogP contribution in [0.5, 0.6) is 0 Å². The highest BCUT2D eigenvalue weighted by Crippen LogP contribution is 2.28. The predicted octanol–water partition coefficient (Wildman–Crippen LogP) is 6.10. The van der Waals surface area contributed by atoms with Crippen molar-refractivity contribution in [2.75, 3.05) is 0 Å². The molecule has 0 aromatic rings. The molecule has 0 spiro atoms. The number of esters is 1. The maximum absolute atomic E-state index is 12.2. The van der Waals surface area contributed by atoms with Gasteiger partial charge >= 0.3 is 5.97 Å². The van der Waals surface area contributed by atoms with E-state index in [1.807, 2.05) is 27.7 Å². The maximum Gasteiger partial charge on any atom is 0.311 e. The summed E-state index contributed by atoms with van der Waals surface area (Å²) in [6.45, 7) is 14.6. The van der Waals surface area contributed by atoms with Crippen molar-refractivity contribution in [3.05, 3.63) is 0 Å². The first kappa shape index (κ1) is 22.4. The van der Waals surface area contributed by atoms with Crippen LogP contribution >= 0.6 is 0 Å². The van der Waals surface area contributed by atoms with Gasteiger partial charge in [0.05, 0.1) is 12.0 Å². The van der Waals surface area contributed by atoms with Crippen LogP contribution in [0.3, 0.4) is 0 Å².